The zero-order valence-corrected chi connectivity index (χ0v) is 14.5. The van der Waals surface area contributed by atoms with E-state index < -0.39 is 25.8 Å². The van der Waals surface area contributed by atoms with Crippen LogP contribution in [0.25, 0.3) is 0 Å². The van der Waals surface area contributed by atoms with Crippen LogP contribution < -0.4 is 9.62 Å². The van der Waals surface area contributed by atoms with Gasteiger partial charge in [0, 0.05) is 0 Å². The van der Waals surface area contributed by atoms with Gasteiger partial charge in [-0.3, -0.25) is 0 Å². The molecule has 1 atom stereocenters. The van der Waals surface area contributed by atoms with Gasteiger partial charge in [-0.25, -0.2) is 0 Å². The Labute approximate surface area is 133 Å². The Kier molecular flexibility index (Phi) is 5.04. The van der Waals surface area contributed by atoms with Crippen molar-refractivity contribution in [3.63, 3.8) is 0 Å². The Bertz CT molecular complexity index is 740. The van der Waals surface area contributed by atoms with Crippen molar-refractivity contribution < 1.29 is 8.42 Å². The zero-order valence-electron chi connectivity index (χ0n) is 10.0. The van der Waals surface area contributed by atoms with E-state index in [1.54, 1.807) is 18.2 Å². The molecule has 0 aliphatic rings. The molecule has 0 radical (unpaired) electrons. The number of aromatic nitrogens is 2. The van der Waals surface area contributed by atoms with Crippen molar-refractivity contribution >= 4 is 53.5 Å². The van der Waals surface area contributed by atoms with Gasteiger partial charge in [-0.05, 0) is 0 Å². The van der Waals surface area contributed by atoms with Crippen LogP contribution in [0.2, 0.25) is 10.3 Å². The first kappa shape index (κ1) is 15.7. The average molecular weight is 394 g/mol. The van der Waals surface area contributed by atoms with Gasteiger partial charge in [-0.15, -0.1) is 0 Å². The van der Waals surface area contributed by atoms with Gasteiger partial charge in [0.2, 0.25) is 0 Å². The summed E-state index contributed by atoms with van der Waals surface area (Å²) in [6.07, 6.45) is 1.45. The summed E-state index contributed by atoms with van der Waals surface area (Å²) >= 11 is 10.9. The van der Waals surface area contributed by atoms with E-state index in [4.69, 9.17) is 28.3 Å². The van der Waals surface area contributed by atoms with Crippen LogP contribution in [0.4, 0.5) is 0 Å². The quantitative estimate of drug-likeness (QED) is 0.611. The average Bonchev–Trinajstić information content (AvgIpc) is 2.39. The van der Waals surface area contributed by atoms with Gasteiger partial charge < -0.3 is 0 Å². The molecule has 1 aromatic carbocycles. The molecule has 2 rings (SSSR count). The molecule has 0 aliphatic carbocycles. The molecule has 20 heavy (non-hydrogen) atoms. The number of nitrogens with two attached hydrogens (primary N) is 1. The molecule has 2 N–H and O–H groups in total. The molecule has 0 bridgehead atoms. The van der Waals surface area contributed by atoms with Crippen molar-refractivity contribution in [1.82, 2.24) is 9.97 Å². The fraction of sp³-hybridized carbons (Fsp3) is 0.0909. The molecule has 106 valence electrons. The number of halogens is 2. The third-order valence-electron chi connectivity index (χ3n) is 2.44. The van der Waals surface area contributed by atoms with Crippen LogP contribution in [0.15, 0.2) is 35.4 Å². The number of primary sulfonamides is 1. The third kappa shape index (κ3) is 3.93. The molecule has 0 aliphatic heterocycles. The number of hydrogen-bond donors (Lipinski definition) is 1. The van der Waals surface area contributed by atoms with Crippen molar-refractivity contribution in [2.24, 2.45) is 5.14 Å². The normalized spacial score (nSPS) is 12.2. The van der Waals surface area contributed by atoms with Crippen molar-refractivity contribution in [2.75, 3.05) is 0 Å². The van der Waals surface area contributed by atoms with Crippen molar-refractivity contribution in [3.05, 3.63) is 46.3 Å². The molecule has 0 spiro atoms. The first-order valence-electron chi connectivity index (χ1n) is 5.40. The van der Waals surface area contributed by atoms with Crippen LogP contribution in [0.3, 0.4) is 0 Å². The second-order valence-corrected chi connectivity index (χ2v) is 8.59. The molecule has 0 saturated heterocycles. The maximum absolute atomic E-state index is 11.5. The standard InChI is InChI=1S/C11H10AsCl2N3O2S/c13-8-6-16-11(14)17-10(8)12-5-7-3-1-2-4-9(7)20(15,18)19/h1-4,6,12H,5H2,(H2,15,18,19). The summed E-state index contributed by atoms with van der Waals surface area (Å²) < 4.78 is 23.7. The molecule has 0 fully saturated rings. The SMILES string of the molecule is NS(=O)(=O)c1ccccc1C[AsH]c1nc(Cl)ncc1Cl. The third-order valence-corrected chi connectivity index (χ3v) is 6.91. The van der Waals surface area contributed by atoms with Crippen molar-refractivity contribution in [2.45, 2.75) is 10.1 Å². The van der Waals surface area contributed by atoms with E-state index in [-0.39, 0.29) is 10.2 Å². The van der Waals surface area contributed by atoms with E-state index in [1.807, 2.05) is 0 Å². The van der Waals surface area contributed by atoms with E-state index in [0.29, 0.717) is 20.3 Å². The van der Waals surface area contributed by atoms with E-state index in [9.17, 15) is 8.42 Å². The van der Waals surface area contributed by atoms with Gasteiger partial charge in [-0.2, -0.15) is 0 Å². The van der Waals surface area contributed by atoms with Gasteiger partial charge in [0.05, 0.1) is 0 Å². The summed E-state index contributed by atoms with van der Waals surface area (Å²) in [5.74, 6) is 0. The number of rotatable bonds is 4. The molecule has 9 heteroatoms. The molecule has 1 heterocycles. The first-order valence-corrected chi connectivity index (χ1v) is 10.2. The molecular weight excluding hydrogens is 384 g/mol. The van der Waals surface area contributed by atoms with Gasteiger partial charge in [0.25, 0.3) is 0 Å². The van der Waals surface area contributed by atoms with Crippen LogP contribution in [-0.2, 0) is 15.2 Å². The summed E-state index contributed by atoms with van der Waals surface area (Å²) in [7, 11) is -3.73. The Morgan fingerprint density at radius 1 is 1.25 bits per heavy atom. The molecule has 1 aromatic heterocycles. The van der Waals surface area contributed by atoms with E-state index >= 15 is 0 Å². The fourth-order valence-corrected chi connectivity index (χ4v) is 5.61. The van der Waals surface area contributed by atoms with Crippen LogP contribution in [-0.4, -0.2) is 34.1 Å². The Morgan fingerprint density at radius 3 is 2.65 bits per heavy atom. The van der Waals surface area contributed by atoms with Gasteiger partial charge >= 0.3 is 133 Å². The minimum atomic E-state index is -3.73. The van der Waals surface area contributed by atoms with Crippen LogP contribution in [0, 0.1) is 0 Å². The van der Waals surface area contributed by atoms with Gasteiger partial charge in [-0.1, -0.05) is 0 Å². The maximum atomic E-state index is 11.5. The van der Waals surface area contributed by atoms with Crippen molar-refractivity contribution in [1.29, 1.82) is 0 Å². The zero-order chi connectivity index (χ0) is 14.8. The summed E-state index contributed by atoms with van der Waals surface area (Å²) in [6, 6.07) is 6.63. The van der Waals surface area contributed by atoms with Crippen molar-refractivity contribution in [3.8, 4) is 0 Å². The monoisotopic (exact) mass is 393 g/mol. The Balaban J connectivity index is 2.26. The Morgan fingerprint density at radius 2 is 1.95 bits per heavy atom. The molecular formula is C11H10AsCl2N3O2S. The van der Waals surface area contributed by atoms with Crippen LogP contribution in [0.5, 0.6) is 0 Å². The second-order valence-electron chi connectivity index (χ2n) is 3.84. The number of sulfonamides is 1. The molecule has 0 saturated carbocycles. The first-order chi connectivity index (χ1) is 9.38. The summed E-state index contributed by atoms with van der Waals surface area (Å²) in [4.78, 5) is 7.99. The molecule has 0 amide bonds. The topological polar surface area (TPSA) is 85.9 Å². The molecule has 1 unspecified atom stereocenters. The van der Waals surface area contributed by atoms with Gasteiger partial charge in [0.15, 0.2) is 0 Å². The Hall–Kier alpha value is -0.652. The molecule has 2 aromatic rings. The van der Waals surface area contributed by atoms with Crippen LogP contribution >= 0.6 is 23.2 Å². The summed E-state index contributed by atoms with van der Waals surface area (Å²) in [5.41, 5.74) is 0.667. The number of nitrogens with zero attached hydrogens (tertiary/aromatic N) is 2. The van der Waals surface area contributed by atoms with E-state index in [2.05, 4.69) is 9.97 Å². The predicted molar refractivity (Wildman–Crippen MR) is 80.4 cm³/mol. The predicted octanol–water partition coefficient (Wildman–Crippen LogP) is 0.693. The van der Waals surface area contributed by atoms with Crippen LogP contribution in [0.1, 0.15) is 5.56 Å². The molecule has 5 nitrogen and oxygen atoms in total. The fourth-order valence-electron chi connectivity index (χ4n) is 1.58. The van der Waals surface area contributed by atoms with E-state index in [0.717, 1.165) is 0 Å². The second kappa shape index (κ2) is 6.41. The van der Waals surface area contributed by atoms with Gasteiger partial charge in [0.1, 0.15) is 0 Å². The minimum absolute atomic E-state index is 0.132. The summed E-state index contributed by atoms with van der Waals surface area (Å²) in [6.45, 7) is 0. The number of benzene rings is 1. The van der Waals surface area contributed by atoms with E-state index in [1.165, 1.54) is 12.3 Å². The number of hydrogen-bond acceptors (Lipinski definition) is 4. The summed E-state index contributed by atoms with van der Waals surface area (Å²) in [5, 5.41) is 6.33.